The van der Waals surface area contributed by atoms with E-state index in [4.69, 9.17) is 0 Å². The standard InChI is InChI=1S/C17H28N2/c1-4-13-8-6-9-15(12-13)16(18-3)17-14(5-2)10-7-11-19-17/h7,10-11,13,15-16,18H,4-6,8-9,12H2,1-3H3. The number of nitrogens with zero attached hydrogens (tertiary/aromatic N) is 1. The van der Waals surface area contributed by atoms with Crippen molar-refractivity contribution in [1.29, 1.82) is 0 Å². The fourth-order valence-corrected chi connectivity index (χ4v) is 3.63. The molecule has 1 fully saturated rings. The fourth-order valence-electron chi connectivity index (χ4n) is 3.63. The zero-order chi connectivity index (χ0) is 13.7. The second-order valence-corrected chi connectivity index (χ2v) is 5.87. The molecule has 1 heterocycles. The van der Waals surface area contributed by atoms with Crippen molar-refractivity contribution in [3.63, 3.8) is 0 Å². The monoisotopic (exact) mass is 260 g/mol. The average molecular weight is 260 g/mol. The predicted octanol–water partition coefficient (Wildman–Crippen LogP) is 4.12. The normalized spacial score (nSPS) is 25.2. The van der Waals surface area contributed by atoms with Crippen molar-refractivity contribution >= 4 is 0 Å². The van der Waals surface area contributed by atoms with Crippen LogP contribution in [0.4, 0.5) is 0 Å². The van der Waals surface area contributed by atoms with Crippen molar-refractivity contribution in [2.75, 3.05) is 7.05 Å². The molecule has 3 unspecified atom stereocenters. The summed E-state index contributed by atoms with van der Waals surface area (Å²) >= 11 is 0. The van der Waals surface area contributed by atoms with Crippen LogP contribution in [-0.4, -0.2) is 12.0 Å². The van der Waals surface area contributed by atoms with Crippen LogP contribution in [0.15, 0.2) is 18.3 Å². The molecule has 1 aromatic rings. The smallest absolute Gasteiger partial charge is 0.0607 e. The lowest BCUT2D eigenvalue weighted by Crippen LogP contribution is -2.30. The first kappa shape index (κ1) is 14.5. The number of aromatic nitrogens is 1. The van der Waals surface area contributed by atoms with Gasteiger partial charge in [0.25, 0.3) is 0 Å². The third-order valence-electron chi connectivity index (χ3n) is 4.78. The molecule has 2 nitrogen and oxygen atoms in total. The van der Waals surface area contributed by atoms with Gasteiger partial charge in [-0.25, -0.2) is 0 Å². The third-order valence-corrected chi connectivity index (χ3v) is 4.78. The molecule has 106 valence electrons. The minimum atomic E-state index is 0.436. The van der Waals surface area contributed by atoms with Crippen molar-refractivity contribution in [2.24, 2.45) is 11.8 Å². The van der Waals surface area contributed by atoms with Gasteiger partial charge in [-0.2, -0.15) is 0 Å². The molecule has 0 saturated heterocycles. The lowest BCUT2D eigenvalue weighted by molar-refractivity contribution is 0.212. The average Bonchev–Trinajstić information content (AvgIpc) is 2.49. The highest BCUT2D eigenvalue weighted by atomic mass is 14.9. The molecule has 0 spiro atoms. The highest BCUT2D eigenvalue weighted by Crippen LogP contribution is 2.38. The molecule has 2 heteroatoms. The molecule has 1 aromatic heterocycles. The quantitative estimate of drug-likeness (QED) is 0.861. The van der Waals surface area contributed by atoms with Gasteiger partial charge in [0, 0.05) is 6.20 Å². The van der Waals surface area contributed by atoms with Crippen LogP contribution in [0.2, 0.25) is 0 Å². The van der Waals surface area contributed by atoms with E-state index in [1.54, 1.807) is 0 Å². The molecule has 0 aromatic carbocycles. The van der Waals surface area contributed by atoms with Gasteiger partial charge in [0.2, 0.25) is 0 Å². The van der Waals surface area contributed by atoms with Crippen LogP contribution in [0.3, 0.4) is 0 Å². The molecule has 0 aliphatic heterocycles. The zero-order valence-corrected chi connectivity index (χ0v) is 12.7. The van der Waals surface area contributed by atoms with Crippen LogP contribution in [0.5, 0.6) is 0 Å². The lowest BCUT2D eigenvalue weighted by Gasteiger charge is -2.34. The Morgan fingerprint density at radius 3 is 2.89 bits per heavy atom. The van der Waals surface area contributed by atoms with Crippen LogP contribution in [0.25, 0.3) is 0 Å². The number of hydrogen-bond donors (Lipinski definition) is 1. The molecule has 0 bridgehead atoms. The molecule has 1 aliphatic rings. The Labute approximate surface area is 118 Å². The Morgan fingerprint density at radius 1 is 1.37 bits per heavy atom. The second-order valence-electron chi connectivity index (χ2n) is 5.87. The Morgan fingerprint density at radius 2 is 2.21 bits per heavy atom. The molecule has 3 atom stereocenters. The van der Waals surface area contributed by atoms with Crippen molar-refractivity contribution in [2.45, 2.75) is 58.4 Å². The topological polar surface area (TPSA) is 24.9 Å². The highest BCUT2D eigenvalue weighted by molar-refractivity contribution is 5.23. The molecular weight excluding hydrogens is 232 g/mol. The van der Waals surface area contributed by atoms with Gasteiger partial charge >= 0.3 is 0 Å². The second kappa shape index (κ2) is 7.04. The van der Waals surface area contributed by atoms with Gasteiger partial charge < -0.3 is 5.32 Å². The van der Waals surface area contributed by atoms with Gasteiger partial charge in [-0.1, -0.05) is 39.2 Å². The first-order chi connectivity index (χ1) is 9.30. The Balaban J connectivity index is 2.19. The first-order valence-electron chi connectivity index (χ1n) is 7.91. The van der Waals surface area contributed by atoms with Crippen molar-refractivity contribution in [1.82, 2.24) is 10.3 Å². The number of nitrogens with one attached hydrogen (secondary N) is 1. The van der Waals surface area contributed by atoms with E-state index in [1.165, 1.54) is 43.4 Å². The molecular formula is C17H28N2. The van der Waals surface area contributed by atoms with Gasteiger partial charge in [-0.05, 0) is 49.8 Å². The summed E-state index contributed by atoms with van der Waals surface area (Å²) in [4.78, 5) is 4.68. The van der Waals surface area contributed by atoms with E-state index in [2.05, 4.69) is 43.3 Å². The van der Waals surface area contributed by atoms with E-state index in [1.807, 2.05) is 6.20 Å². The summed E-state index contributed by atoms with van der Waals surface area (Å²) in [5.74, 6) is 1.67. The summed E-state index contributed by atoms with van der Waals surface area (Å²) in [5, 5.41) is 3.54. The summed E-state index contributed by atoms with van der Waals surface area (Å²) < 4.78 is 0. The van der Waals surface area contributed by atoms with Crippen molar-refractivity contribution in [3.05, 3.63) is 29.6 Å². The summed E-state index contributed by atoms with van der Waals surface area (Å²) in [6.07, 6.45) is 9.87. The number of pyridine rings is 1. The molecule has 0 amide bonds. The third kappa shape index (κ3) is 3.36. The van der Waals surface area contributed by atoms with Crippen LogP contribution in [0.1, 0.15) is 63.3 Å². The van der Waals surface area contributed by atoms with Gasteiger partial charge in [-0.3, -0.25) is 4.98 Å². The molecule has 19 heavy (non-hydrogen) atoms. The minimum absolute atomic E-state index is 0.436. The van der Waals surface area contributed by atoms with Gasteiger partial charge in [0.1, 0.15) is 0 Å². The van der Waals surface area contributed by atoms with E-state index in [0.29, 0.717) is 6.04 Å². The first-order valence-corrected chi connectivity index (χ1v) is 7.91. The van der Waals surface area contributed by atoms with Crippen molar-refractivity contribution in [3.8, 4) is 0 Å². The van der Waals surface area contributed by atoms with E-state index < -0.39 is 0 Å². The van der Waals surface area contributed by atoms with Gasteiger partial charge in [-0.15, -0.1) is 0 Å². The van der Waals surface area contributed by atoms with E-state index in [9.17, 15) is 0 Å². The lowest BCUT2D eigenvalue weighted by atomic mass is 9.75. The van der Waals surface area contributed by atoms with Crippen molar-refractivity contribution < 1.29 is 0 Å². The summed E-state index contributed by atoms with van der Waals surface area (Å²) in [5.41, 5.74) is 2.69. The molecule has 0 radical (unpaired) electrons. The van der Waals surface area contributed by atoms with Crippen LogP contribution in [-0.2, 0) is 6.42 Å². The van der Waals surface area contributed by atoms with E-state index in [0.717, 1.165) is 18.3 Å². The fraction of sp³-hybridized carbons (Fsp3) is 0.706. The predicted molar refractivity (Wildman–Crippen MR) is 81.2 cm³/mol. The van der Waals surface area contributed by atoms with Crippen LogP contribution >= 0.6 is 0 Å². The van der Waals surface area contributed by atoms with Crippen LogP contribution in [0, 0.1) is 11.8 Å². The Kier molecular flexibility index (Phi) is 5.38. The summed E-state index contributed by atoms with van der Waals surface area (Å²) in [7, 11) is 2.09. The number of rotatable bonds is 5. The maximum absolute atomic E-state index is 4.68. The van der Waals surface area contributed by atoms with E-state index >= 15 is 0 Å². The Hall–Kier alpha value is -0.890. The highest BCUT2D eigenvalue weighted by Gasteiger charge is 2.29. The van der Waals surface area contributed by atoms with Gasteiger partial charge in [0.15, 0.2) is 0 Å². The zero-order valence-electron chi connectivity index (χ0n) is 12.7. The minimum Gasteiger partial charge on any atom is -0.311 e. The Bertz CT molecular complexity index is 389. The maximum Gasteiger partial charge on any atom is 0.0607 e. The van der Waals surface area contributed by atoms with E-state index in [-0.39, 0.29) is 0 Å². The molecule has 1 N–H and O–H groups in total. The largest absolute Gasteiger partial charge is 0.311 e. The number of hydrogen-bond acceptors (Lipinski definition) is 2. The maximum atomic E-state index is 4.68. The summed E-state index contributed by atoms with van der Waals surface area (Å²) in [6.45, 7) is 4.56. The van der Waals surface area contributed by atoms with Crippen LogP contribution < -0.4 is 5.32 Å². The summed E-state index contributed by atoms with van der Waals surface area (Å²) in [6, 6.07) is 4.72. The molecule has 1 aliphatic carbocycles. The molecule has 2 rings (SSSR count). The SMILES string of the molecule is CCc1cccnc1C(NC)C1CCCC(CC)C1. The number of aryl methyl sites for hydroxylation is 1. The van der Waals surface area contributed by atoms with Gasteiger partial charge in [0.05, 0.1) is 11.7 Å². The molecule has 1 saturated carbocycles.